The number of nitrogens with zero attached hydrogens (tertiary/aromatic N) is 2. The van der Waals surface area contributed by atoms with Gasteiger partial charge in [0, 0.05) is 6.54 Å². The highest BCUT2D eigenvalue weighted by Crippen LogP contribution is 2.29. The smallest absolute Gasteiger partial charge is 0.295 e. The van der Waals surface area contributed by atoms with Gasteiger partial charge < -0.3 is 4.42 Å². The zero-order valence-electron chi connectivity index (χ0n) is 10.7. The van der Waals surface area contributed by atoms with E-state index < -0.39 is 0 Å². The summed E-state index contributed by atoms with van der Waals surface area (Å²) in [4.78, 5) is 18.6. The lowest BCUT2D eigenvalue weighted by molar-refractivity contribution is 0.0960. The van der Waals surface area contributed by atoms with Crippen molar-refractivity contribution in [3.63, 3.8) is 0 Å². The second kappa shape index (κ2) is 5.38. The summed E-state index contributed by atoms with van der Waals surface area (Å²) >= 11 is 4.71. The van der Waals surface area contributed by atoms with Gasteiger partial charge in [-0.1, -0.05) is 23.5 Å². The topological polar surface area (TPSA) is 46.3 Å². The predicted octanol–water partition coefficient (Wildman–Crippen LogP) is 4.32. The molecular weight excluding hydrogens is 340 g/mol. The van der Waals surface area contributed by atoms with Crippen molar-refractivity contribution in [3.05, 3.63) is 46.8 Å². The van der Waals surface area contributed by atoms with Gasteiger partial charge in [-0.25, -0.2) is 4.98 Å². The molecule has 3 rings (SSSR count). The average molecular weight is 351 g/mol. The van der Waals surface area contributed by atoms with Crippen LogP contribution in [-0.4, -0.2) is 17.4 Å². The molecule has 0 bridgehead atoms. The molecule has 0 fully saturated rings. The van der Waals surface area contributed by atoms with Crippen molar-refractivity contribution in [2.45, 2.75) is 6.92 Å². The van der Waals surface area contributed by atoms with Gasteiger partial charge >= 0.3 is 0 Å². The highest BCUT2D eigenvalue weighted by molar-refractivity contribution is 9.10. The number of thiazole rings is 1. The van der Waals surface area contributed by atoms with Crippen molar-refractivity contribution < 1.29 is 9.21 Å². The largest absolute Gasteiger partial charge is 0.444 e. The zero-order valence-corrected chi connectivity index (χ0v) is 13.1. The molecule has 0 aliphatic heterocycles. The molecule has 6 heteroatoms. The van der Waals surface area contributed by atoms with Gasteiger partial charge in [0.25, 0.3) is 5.91 Å². The molecule has 102 valence electrons. The third-order valence-corrected chi connectivity index (χ3v) is 4.34. The normalized spacial score (nSPS) is 10.9. The van der Waals surface area contributed by atoms with Crippen LogP contribution >= 0.6 is 27.3 Å². The fourth-order valence-electron chi connectivity index (χ4n) is 1.90. The first kappa shape index (κ1) is 13.3. The van der Waals surface area contributed by atoms with Gasteiger partial charge in [-0.2, -0.15) is 0 Å². The second-order valence-corrected chi connectivity index (χ2v) is 5.91. The van der Waals surface area contributed by atoms with Crippen LogP contribution in [0.3, 0.4) is 0 Å². The van der Waals surface area contributed by atoms with Crippen LogP contribution in [0.5, 0.6) is 0 Å². The summed E-state index contributed by atoms with van der Waals surface area (Å²) in [5.74, 6) is 0.121. The highest BCUT2D eigenvalue weighted by Gasteiger charge is 2.22. The van der Waals surface area contributed by atoms with Crippen molar-refractivity contribution in [2.75, 3.05) is 11.4 Å². The number of para-hydroxylation sites is 1. The molecular formula is C14H11BrN2O2S. The molecule has 0 radical (unpaired) electrons. The average Bonchev–Trinajstić information content (AvgIpc) is 3.05. The fraction of sp³-hybridized carbons (Fsp3) is 0.143. The molecule has 1 aromatic carbocycles. The summed E-state index contributed by atoms with van der Waals surface area (Å²) in [5, 5.41) is 0.686. The van der Waals surface area contributed by atoms with Crippen molar-refractivity contribution in [2.24, 2.45) is 0 Å². The van der Waals surface area contributed by atoms with E-state index in [9.17, 15) is 4.79 Å². The Bertz CT molecular complexity index is 732. The van der Waals surface area contributed by atoms with Gasteiger partial charge in [-0.15, -0.1) is 0 Å². The van der Waals surface area contributed by atoms with Crippen LogP contribution in [0.2, 0.25) is 0 Å². The minimum Gasteiger partial charge on any atom is -0.444 e. The maximum atomic E-state index is 12.4. The molecule has 2 heterocycles. The van der Waals surface area contributed by atoms with E-state index in [0.717, 1.165) is 10.2 Å². The summed E-state index contributed by atoms with van der Waals surface area (Å²) < 4.78 is 6.93. The SMILES string of the molecule is CCN(C(=O)c1ccc(Br)o1)c1nc2ccccc2s1. The number of furan rings is 1. The highest BCUT2D eigenvalue weighted by atomic mass is 79.9. The number of aromatic nitrogens is 1. The van der Waals surface area contributed by atoms with E-state index in [-0.39, 0.29) is 5.91 Å². The number of amides is 1. The second-order valence-electron chi connectivity index (χ2n) is 4.12. The predicted molar refractivity (Wildman–Crippen MR) is 83.4 cm³/mol. The monoisotopic (exact) mass is 350 g/mol. The molecule has 0 atom stereocenters. The number of halogens is 1. The number of hydrogen-bond acceptors (Lipinski definition) is 4. The maximum absolute atomic E-state index is 12.4. The van der Waals surface area contributed by atoms with Crippen molar-refractivity contribution in [3.8, 4) is 0 Å². The fourth-order valence-corrected chi connectivity index (χ4v) is 3.24. The molecule has 1 amide bonds. The van der Waals surface area contributed by atoms with Gasteiger partial charge in [0.1, 0.15) is 0 Å². The molecule has 0 aliphatic carbocycles. The lowest BCUT2D eigenvalue weighted by atomic mass is 10.3. The molecule has 0 saturated heterocycles. The van der Waals surface area contributed by atoms with Gasteiger partial charge in [0.15, 0.2) is 15.6 Å². The summed E-state index contributed by atoms with van der Waals surface area (Å²) in [7, 11) is 0. The molecule has 0 aliphatic rings. The Morgan fingerprint density at radius 2 is 2.15 bits per heavy atom. The van der Waals surface area contributed by atoms with Gasteiger partial charge in [-0.3, -0.25) is 9.69 Å². The van der Waals surface area contributed by atoms with E-state index in [1.807, 2.05) is 31.2 Å². The van der Waals surface area contributed by atoms with E-state index >= 15 is 0 Å². The van der Waals surface area contributed by atoms with Crippen LogP contribution in [0.4, 0.5) is 5.13 Å². The number of benzene rings is 1. The van der Waals surface area contributed by atoms with Crippen LogP contribution < -0.4 is 4.90 Å². The molecule has 0 spiro atoms. The molecule has 0 unspecified atom stereocenters. The first-order chi connectivity index (χ1) is 9.69. The molecule has 4 nitrogen and oxygen atoms in total. The Labute approximate surface area is 128 Å². The number of carbonyl (C=O) groups excluding carboxylic acids is 1. The Kier molecular flexibility index (Phi) is 3.58. The van der Waals surface area contributed by atoms with Crippen LogP contribution in [0.25, 0.3) is 10.2 Å². The molecule has 20 heavy (non-hydrogen) atoms. The Morgan fingerprint density at radius 1 is 1.35 bits per heavy atom. The van der Waals surface area contributed by atoms with Gasteiger partial charge in [0.05, 0.1) is 10.2 Å². The van der Waals surface area contributed by atoms with Gasteiger partial charge in [0.2, 0.25) is 0 Å². The maximum Gasteiger partial charge on any atom is 0.295 e. The van der Waals surface area contributed by atoms with Crippen LogP contribution in [0.1, 0.15) is 17.5 Å². The van der Waals surface area contributed by atoms with E-state index in [0.29, 0.717) is 22.1 Å². The number of rotatable bonds is 3. The number of fused-ring (bicyclic) bond motifs is 1. The van der Waals surface area contributed by atoms with E-state index in [1.165, 1.54) is 11.3 Å². The molecule has 2 aromatic heterocycles. The van der Waals surface area contributed by atoms with E-state index in [1.54, 1.807) is 17.0 Å². The summed E-state index contributed by atoms with van der Waals surface area (Å²) in [5.41, 5.74) is 0.902. The zero-order chi connectivity index (χ0) is 14.1. The minimum absolute atomic E-state index is 0.183. The summed E-state index contributed by atoms with van der Waals surface area (Å²) in [6, 6.07) is 11.2. The van der Waals surface area contributed by atoms with Crippen LogP contribution in [-0.2, 0) is 0 Å². The van der Waals surface area contributed by atoms with Crippen LogP contribution in [0.15, 0.2) is 45.5 Å². The summed E-state index contributed by atoms with van der Waals surface area (Å²) in [6.45, 7) is 2.46. The molecule has 3 aromatic rings. The first-order valence-corrected chi connectivity index (χ1v) is 7.72. The lowest BCUT2D eigenvalue weighted by Gasteiger charge is -2.15. The van der Waals surface area contributed by atoms with Crippen molar-refractivity contribution in [1.82, 2.24) is 4.98 Å². The van der Waals surface area contributed by atoms with E-state index in [4.69, 9.17) is 4.42 Å². The quantitative estimate of drug-likeness (QED) is 0.706. The number of carbonyl (C=O) groups is 1. The minimum atomic E-state index is -0.183. The lowest BCUT2D eigenvalue weighted by Crippen LogP contribution is -2.30. The van der Waals surface area contributed by atoms with E-state index in [2.05, 4.69) is 20.9 Å². The summed E-state index contributed by atoms with van der Waals surface area (Å²) in [6.07, 6.45) is 0. The number of hydrogen-bond donors (Lipinski definition) is 0. The Balaban J connectivity index is 1.98. The Hall–Kier alpha value is -1.66. The molecule has 0 saturated carbocycles. The molecule has 0 N–H and O–H groups in total. The third-order valence-electron chi connectivity index (χ3n) is 2.86. The van der Waals surface area contributed by atoms with Gasteiger partial charge in [-0.05, 0) is 47.1 Å². The number of anilines is 1. The van der Waals surface area contributed by atoms with Crippen molar-refractivity contribution in [1.29, 1.82) is 0 Å². The third kappa shape index (κ3) is 2.36. The first-order valence-electron chi connectivity index (χ1n) is 6.12. The van der Waals surface area contributed by atoms with Crippen molar-refractivity contribution >= 4 is 48.5 Å². The standard InChI is InChI=1S/C14H11BrN2O2S/c1-2-17(13(18)10-7-8-12(15)19-10)14-16-9-5-3-4-6-11(9)20-14/h3-8H,2H2,1H3. The van der Waals surface area contributed by atoms with Crippen LogP contribution in [0, 0.1) is 0 Å². The Morgan fingerprint density at radius 3 is 2.80 bits per heavy atom.